The number of ether oxygens (including phenoxy) is 2. The molecule has 1 amide bonds. The first-order valence-corrected chi connectivity index (χ1v) is 11.2. The van der Waals surface area contributed by atoms with E-state index in [0.717, 1.165) is 49.5 Å². The van der Waals surface area contributed by atoms with Crippen molar-refractivity contribution in [1.82, 2.24) is 9.80 Å². The third-order valence-corrected chi connectivity index (χ3v) is 7.52. The van der Waals surface area contributed by atoms with Crippen molar-refractivity contribution in [3.05, 3.63) is 34.9 Å². The maximum atomic E-state index is 13.5. The number of carboxylic acids is 1. The third kappa shape index (κ3) is 3.49. The second-order valence-electron chi connectivity index (χ2n) is 9.42. The molecule has 5 rings (SSSR count). The Bertz CT molecular complexity index is 930. The van der Waals surface area contributed by atoms with Gasteiger partial charge in [-0.05, 0) is 56.2 Å². The van der Waals surface area contributed by atoms with Gasteiger partial charge in [0.15, 0.2) is 11.5 Å². The van der Waals surface area contributed by atoms with Crippen LogP contribution in [-0.4, -0.2) is 59.8 Å². The summed E-state index contributed by atoms with van der Waals surface area (Å²) in [6, 6.07) is 6.02. The molecule has 1 aromatic rings. The average molecular weight is 427 g/mol. The number of piperazine rings is 1. The summed E-state index contributed by atoms with van der Waals surface area (Å²) in [5, 5.41) is 9.90. The first-order chi connectivity index (χ1) is 14.9. The molecule has 0 spiro atoms. The maximum absolute atomic E-state index is 13.5. The molecule has 2 aliphatic carbocycles. The Labute approximate surface area is 182 Å². The number of aliphatic carboxylic acids is 1. The van der Waals surface area contributed by atoms with Crippen molar-refractivity contribution in [3.8, 4) is 11.5 Å². The molecule has 31 heavy (non-hydrogen) atoms. The Morgan fingerprint density at radius 3 is 2.35 bits per heavy atom. The Kier molecular flexibility index (Phi) is 5.16. The van der Waals surface area contributed by atoms with Gasteiger partial charge in [0.2, 0.25) is 12.7 Å². The van der Waals surface area contributed by atoms with Crippen LogP contribution >= 0.6 is 0 Å². The molecule has 7 heteroatoms. The molecule has 1 saturated heterocycles. The van der Waals surface area contributed by atoms with Gasteiger partial charge in [0.05, 0.1) is 11.8 Å². The summed E-state index contributed by atoms with van der Waals surface area (Å²) in [5.74, 6) is -0.0219. The lowest BCUT2D eigenvalue weighted by atomic mass is 9.78. The molecule has 2 bridgehead atoms. The number of carbonyl (C=O) groups excluding carboxylic acids is 1. The SMILES string of the molecule is CC(C)=C1[C@H]2CC[C@H]1[C@@H](C(=O)O)[C@H]2C(=O)N1CCN(Cc2ccc3c(c2)OCO3)CC1. The Morgan fingerprint density at radius 2 is 1.68 bits per heavy atom. The van der Waals surface area contributed by atoms with Gasteiger partial charge in [-0.15, -0.1) is 0 Å². The van der Waals surface area contributed by atoms with Crippen molar-refractivity contribution in [2.75, 3.05) is 33.0 Å². The average Bonchev–Trinajstić information content (AvgIpc) is 3.46. The summed E-state index contributed by atoms with van der Waals surface area (Å²) in [4.78, 5) is 29.8. The number of hydrogen-bond donors (Lipinski definition) is 1. The molecule has 0 unspecified atom stereocenters. The van der Waals surface area contributed by atoms with Crippen molar-refractivity contribution >= 4 is 11.9 Å². The van der Waals surface area contributed by atoms with E-state index in [-0.39, 0.29) is 24.5 Å². The van der Waals surface area contributed by atoms with E-state index in [0.29, 0.717) is 13.1 Å². The van der Waals surface area contributed by atoms with Crippen molar-refractivity contribution in [2.24, 2.45) is 23.7 Å². The van der Waals surface area contributed by atoms with Crippen molar-refractivity contribution in [2.45, 2.75) is 33.2 Å². The second kappa shape index (κ2) is 7.86. The highest BCUT2D eigenvalue weighted by Crippen LogP contribution is 2.57. The van der Waals surface area contributed by atoms with Crippen LogP contribution in [0.3, 0.4) is 0 Å². The van der Waals surface area contributed by atoms with Gasteiger partial charge < -0.3 is 19.5 Å². The monoisotopic (exact) mass is 426 g/mol. The zero-order valence-corrected chi connectivity index (χ0v) is 18.2. The molecular formula is C24H30N2O5. The lowest BCUT2D eigenvalue weighted by Gasteiger charge is -2.38. The predicted molar refractivity (Wildman–Crippen MR) is 114 cm³/mol. The number of carbonyl (C=O) groups is 2. The zero-order valence-electron chi connectivity index (χ0n) is 18.2. The molecule has 4 aliphatic rings. The quantitative estimate of drug-likeness (QED) is 0.746. The summed E-state index contributed by atoms with van der Waals surface area (Å²) >= 11 is 0. The summed E-state index contributed by atoms with van der Waals surface area (Å²) < 4.78 is 10.8. The van der Waals surface area contributed by atoms with Crippen LogP contribution < -0.4 is 9.47 Å². The normalized spacial score (nSPS) is 29.5. The lowest BCUT2D eigenvalue weighted by molar-refractivity contribution is -0.153. The van der Waals surface area contributed by atoms with Crippen LogP contribution in [0.4, 0.5) is 0 Å². The van der Waals surface area contributed by atoms with Crippen molar-refractivity contribution in [1.29, 1.82) is 0 Å². The molecule has 2 saturated carbocycles. The molecule has 4 atom stereocenters. The van der Waals surface area contributed by atoms with Gasteiger partial charge in [-0.3, -0.25) is 14.5 Å². The number of rotatable bonds is 4. The molecule has 1 aromatic carbocycles. The van der Waals surface area contributed by atoms with Crippen LogP contribution in [0.1, 0.15) is 32.3 Å². The number of benzene rings is 1. The van der Waals surface area contributed by atoms with Gasteiger partial charge in [0, 0.05) is 32.7 Å². The minimum Gasteiger partial charge on any atom is -0.481 e. The highest BCUT2D eigenvalue weighted by Gasteiger charge is 2.58. The smallest absolute Gasteiger partial charge is 0.307 e. The van der Waals surface area contributed by atoms with Gasteiger partial charge in [0.25, 0.3) is 0 Å². The second-order valence-corrected chi connectivity index (χ2v) is 9.42. The Balaban J connectivity index is 1.24. The predicted octanol–water partition coefficient (Wildman–Crippen LogP) is 2.75. The number of fused-ring (bicyclic) bond motifs is 3. The van der Waals surface area contributed by atoms with Crippen LogP contribution in [0, 0.1) is 23.7 Å². The largest absolute Gasteiger partial charge is 0.481 e. The number of carboxylic acid groups (broad SMARTS) is 1. The third-order valence-electron chi connectivity index (χ3n) is 7.52. The van der Waals surface area contributed by atoms with E-state index >= 15 is 0 Å². The Morgan fingerprint density at radius 1 is 1.00 bits per heavy atom. The summed E-state index contributed by atoms with van der Waals surface area (Å²) in [5.41, 5.74) is 3.60. The molecule has 0 radical (unpaired) electrons. The van der Waals surface area contributed by atoms with E-state index in [1.165, 1.54) is 11.1 Å². The number of amides is 1. The van der Waals surface area contributed by atoms with E-state index < -0.39 is 17.8 Å². The molecular weight excluding hydrogens is 396 g/mol. The van der Waals surface area contributed by atoms with E-state index in [9.17, 15) is 14.7 Å². The molecule has 166 valence electrons. The number of allylic oxidation sites excluding steroid dienone is 2. The number of nitrogens with zero attached hydrogens (tertiary/aromatic N) is 2. The number of hydrogen-bond acceptors (Lipinski definition) is 5. The van der Waals surface area contributed by atoms with Gasteiger partial charge in [0.1, 0.15) is 0 Å². The molecule has 2 aliphatic heterocycles. The topological polar surface area (TPSA) is 79.3 Å². The van der Waals surface area contributed by atoms with E-state index in [2.05, 4.69) is 24.8 Å². The van der Waals surface area contributed by atoms with Crippen LogP contribution in [0.15, 0.2) is 29.3 Å². The van der Waals surface area contributed by atoms with E-state index in [4.69, 9.17) is 9.47 Å². The molecule has 7 nitrogen and oxygen atoms in total. The molecule has 1 N–H and O–H groups in total. The van der Waals surface area contributed by atoms with Crippen LogP contribution in [0.25, 0.3) is 0 Å². The van der Waals surface area contributed by atoms with Crippen molar-refractivity contribution < 1.29 is 24.2 Å². The first-order valence-electron chi connectivity index (χ1n) is 11.2. The Hall–Kier alpha value is -2.54. The summed E-state index contributed by atoms with van der Waals surface area (Å²) in [6.07, 6.45) is 1.84. The van der Waals surface area contributed by atoms with Crippen LogP contribution in [0.2, 0.25) is 0 Å². The van der Waals surface area contributed by atoms with Gasteiger partial charge in [-0.25, -0.2) is 0 Å². The fraction of sp³-hybridized carbons (Fsp3) is 0.583. The maximum Gasteiger partial charge on any atom is 0.307 e. The van der Waals surface area contributed by atoms with Crippen LogP contribution in [0.5, 0.6) is 11.5 Å². The molecule has 3 fully saturated rings. The fourth-order valence-electron chi connectivity index (χ4n) is 6.22. The first kappa shape index (κ1) is 20.4. The molecule has 0 aromatic heterocycles. The highest BCUT2D eigenvalue weighted by molar-refractivity contribution is 5.87. The summed E-state index contributed by atoms with van der Waals surface area (Å²) in [6.45, 7) is 8.05. The minimum atomic E-state index is -0.814. The lowest BCUT2D eigenvalue weighted by Crippen LogP contribution is -2.52. The van der Waals surface area contributed by atoms with Gasteiger partial charge >= 0.3 is 5.97 Å². The van der Waals surface area contributed by atoms with E-state index in [1.807, 2.05) is 17.0 Å². The summed E-state index contributed by atoms with van der Waals surface area (Å²) in [7, 11) is 0. The van der Waals surface area contributed by atoms with E-state index in [1.54, 1.807) is 0 Å². The zero-order chi connectivity index (χ0) is 21.7. The van der Waals surface area contributed by atoms with Crippen LogP contribution in [-0.2, 0) is 16.1 Å². The van der Waals surface area contributed by atoms with Crippen molar-refractivity contribution in [3.63, 3.8) is 0 Å². The van der Waals surface area contributed by atoms with Gasteiger partial charge in [-0.1, -0.05) is 17.2 Å². The minimum absolute atomic E-state index is 0.0359. The van der Waals surface area contributed by atoms with Gasteiger partial charge in [-0.2, -0.15) is 0 Å². The standard InChI is InChI=1S/C24H30N2O5/c1-14(2)20-16-4-5-17(20)22(24(28)29)21(16)23(27)26-9-7-25(8-10-26)12-15-3-6-18-19(11-15)31-13-30-18/h3,6,11,16-17,21-22H,4-5,7-10,12-13H2,1-2H3,(H,28,29)/t16-,17-,21+,22-/m1/s1. The fourth-order valence-corrected chi connectivity index (χ4v) is 6.22. The molecule has 2 heterocycles. The highest BCUT2D eigenvalue weighted by atomic mass is 16.7.